The van der Waals surface area contributed by atoms with Gasteiger partial charge < -0.3 is 9.73 Å². The smallest absolute Gasteiger partial charge is 0.254 e. The Labute approximate surface area is 91.1 Å². The number of aromatic nitrogens is 1. The molecule has 1 aromatic heterocycles. The fourth-order valence-electron chi connectivity index (χ4n) is 1.24. The van der Waals surface area contributed by atoms with E-state index in [-0.39, 0.29) is 12.1 Å². The Morgan fingerprint density at radius 1 is 1.44 bits per heavy atom. The number of amides is 1. The van der Waals surface area contributed by atoms with E-state index in [2.05, 4.69) is 10.3 Å². The third-order valence-corrected chi connectivity index (χ3v) is 2.03. The van der Waals surface area contributed by atoms with E-state index in [9.17, 15) is 9.18 Å². The number of halogens is 1. The van der Waals surface area contributed by atoms with Crippen molar-refractivity contribution < 1.29 is 13.6 Å². The molecule has 1 amide bonds. The van der Waals surface area contributed by atoms with Gasteiger partial charge in [-0.3, -0.25) is 4.79 Å². The van der Waals surface area contributed by atoms with Gasteiger partial charge in [0.15, 0.2) is 6.39 Å². The van der Waals surface area contributed by atoms with Crippen LogP contribution in [0, 0.1) is 5.82 Å². The van der Waals surface area contributed by atoms with Gasteiger partial charge in [-0.1, -0.05) is 12.1 Å². The maximum atomic E-state index is 13.2. The van der Waals surface area contributed by atoms with Crippen LogP contribution in [0.25, 0.3) is 0 Å². The Morgan fingerprint density at radius 2 is 2.25 bits per heavy atom. The molecule has 2 aromatic rings. The van der Waals surface area contributed by atoms with Crippen LogP contribution in [-0.4, -0.2) is 10.9 Å². The van der Waals surface area contributed by atoms with Gasteiger partial charge in [0.2, 0.25) is 0 Å². The zero-order valence-corrected chi connectivity index (χ0v) is 8.31. The molecule has 4 nitrogen and oxygen atoms in total. The lowest BCUT2D eigenvalue weighted by Crippen LogP contribution is -2.23. The highest BCUT2D eigenvalue weighted by Crippen LogP contribution is 2.06. The van der Waals surface area contributed by atoms with Crippen molar-refractivity contribution in [3.8, 4) is 0 Å². The number of benzene rings is 1. The van der Waals surface area contributed by atoms with Crippen LogP contribution < -0.4 is 5.32 Å². The molecular weight excluding hydrogens is 211 g/mol. The molecule has 82 valence electrons. The summed E-state index contributed by atoms with van der Waals surface area (Å²) in [5.41, 5.74) is 0.607. The van der Waals surface area contributed by atoms with E-state index >= 15 is 0 Å². The van der Waals surface area contributed by atoms with E-state index in [0.29, 0.717) is 5.69 Å². The summed E-state index contributed by atoms with van der Waals surface area (Å²) in [7, 11) is 0. The first-order valence-electron chi connectivity index (χ1n) is 4.67. The summed E-state index contributed by atoms with van der Waals surface area (Å²) >= 11 is 0. The summed E-state index contributed by atoms with van der Waals surface area (Å²) < 4.78 is 18.0. The third-order valence-electron chi connectivity index (χ3n) is 2.03. The lowest BCUT2D eigenvalue weighted by molar-refractivity contribution is 0.0946. The quantitative estimate of drug-likeness (QED) is 0.857. The summed E-state index contributed by atoms with van der Waals surface area (Å²) in [6.07, 6.45) is 2.69. The molecule has 0 saturated heterocycles. The first-order chi connectivity index (χ1) is 7.77. The summed E-state index contributed by atoms with van der Waals surface area (Å²) in [5.74, 6) is -1.01. The van der Waals surface area contributed by atoms with E-state index < -0.39 is 11.7 Å². The predicted octanol–water partition coefficient (Wildman–Crippen LogP) is 1.74. The Balaban J connectivity index is 2.01. The van der Waals surface area contributed by atoms with Crippen LogP contribution in [0.1, 0.15) is 16.1 Å². The standard InChI is InChI=1S/C11H9FN2O2/c12-10-4-2-1-3-9(10)11(15)13-5-8-6-16-7-14-8/h1-4,6-7H,5H2,(H,13,15). The molecule has 0 aliphatic rings. The van der Waals surface area contributed by atoms with Gasteiger partial charge in [0.25, 0.3) is 5.91 Å². The van der Waals surface area contributed by atoms with Crippen LogP contribution in [0.2, 0.25) is 0 Å². The molecule has 16 heavy (non-hydrogen) atoms. The Morgan fingerprint density at radius 3 is 2.94 bits per heavy atom. The average Bonchev–Trinajstić information content (AvgIpc) is 2.79. The minimum Gasteiger partial charge on any atom is -0.451 e. The molecule has 2 rings (SSSR count). The van der Waals surface area contributed by atoms with Gasteiger partial charge in [-0.25, -0.2) is 9.37 Å². The molecule has 0 bridgehead atoms. The largest absolute Gasteiger partial charge is 0.451 e. The van der Waals surface area contributed by atoms with Crippen molar-refractivity contribution in [2.24, 2.45) is 0 Å². The second kappa shape index (κ2) is 4.57. The maximum absolute atomic E-state index is 13.2. The number of carbonyl (C=O) groups excluding carboxylic acids is 1. The molecule has 0 unspecified atom stereocenters. The molecule has 0 fully saturated rings. The van der Waals surface area contributed by atoms with Crippen LogP contribution in [0.5, 0.6) is 0 Å². The highest BCUT2D eigenvalue weighted by Gasteiger charge is 2.10. The summed E-state index contributed by atoms with van der Waals surface area (Å²) in [4.78, 5) is 15.4. The fraction of sp³-hybridized carbons (Fsp3) is 0.0909. The van der Waals surface area contributed by atoms with Crippen LogP contribution in [0.15, 0.2) is 41.3 Å². The summed E-state index contributed by atoms with van der Waals surface area (Å²) in [5, 5.41) is 2.54. The van der Waals surface area contributed by atoms with Gasteiger partial charge >= 0.3 is 0 Å². The first kappa shape index (κ1) is 10.4. The van der Waals surface area contributed by atoms with Gasteiger partial charge in [-0.05, 0) is 12.1 Å². The van der Waals surface area contributed by atoms with Crippen molar-refractivity contribution >= 4 is 5.91 Å². The van der Waals surface area contributed by atoms with Gasteiger partial charge in [0, 0.05) is 0 Å². The van der Waals surface area contributed by atoms with E-state index in [1.165, 1.54) is 30.9 Å². The Hall–Kier alpha value is -2.17. The summed E-state index contributed by atoms with van der Waals surface area (Å²) in [6.45, 7) is 0.212. The zero-order valence-electron chi connectivity index (χ0n) is 8.31. The van der Waals surface area contributed by atoms with Crippen molar-refractivity contribution in [2.45, 2.75) is 6.54 Å². The van der Waals surface area contributed by atoms with Crippen molar-refractivity contribution in [1.82, 2.24) is 10.3 Å². The van der Waals surface area contributed by atoms with Gasteiger partial charge in [-0.2, -0.15) is 0 Å². The minimum absolute atomic E-state index is 0.0194. The highest BCUT2D eigenvalue weighted by molar-refractivity contribution is 5.94. The third kappa shape index (κ3) is 2.25. The SMILES string of the molecule is O=C(NCc1cocn1)c1ccccc1F. The second-order valence-corrected chi connectivity index (χ2v) is 3.14. The van der Waals surface area contributed by atoms with Crippen molar-refractivity contribution in [1.29, 1.82) is 0 Å². The lowest BCUT2D eigenvalue weighted by Gasteiger charge is -2.03. The lowest BCUT2D eigenvalue weighted by atomic mass is 10.2. The molecule has 5 heteroatoms. The van der Waals surface area contributed by atoms with Crippen molar-refractivity contribution in [3.05, 3.63) is 54.0 Å². The number of rotatable bonds is 3. The second-order valence-electron chi connectivity index (χ2n) is 3.14. The van der Waals surface area contributed by atoms with Gasteiger partial charge in [0.1, 0.15) is 12.1 Å². The van der Waals surface area contributed by atoms with Crippen molar-refractivity contribution in [3.63, 3.8) is 0 Å². The monoisotopic (exact) mass is 220 g/mol. The van der Waals surface area contributed by atoms with Crippen molar-refractivity contribution in [2.75, 3.05) is 0 Å². The average molecular weight is 220 g/mol. The van der Waals surface area contributed by atoms with Crippen LogP contribution in [-0.2, 0) is 6.54 Å². The van der Waals surface area contributed by atoms with Crippen LogP contribution in [0.3, 0.4) is 0 Å². The molecule has 0 radical (unpaired) electrons. The van der Waals surface area contributed by atoms with E-state index in [4.69, 9.17) is 4.42 Å². The van der Waals surface area contributed by atoms with Crippen LogP contribution >= 0.6 is 0 Å². The fourth-order valence-corrected chi connectivity index (χ4v) is 1.24. The molecular formula is C11H9FN2O2. The topological polar surface area (TPSA) is 55.1 Å². The molecule has 1 N–H and O–H groups in total. The molecule has 1 heterocycles. The molecule has 0 atom stereocenters. The van der Waals surface area contributed by atoms with Gasteiger partial charge in [0.05, 0.1) is 17.8 Å². The van der Waals surface area contributed by atoms with Crippen LogP contribution in [0.4, 0.5) is 4.39 Å². The molecule has 0 saturated carbocycles. The minimum atomic E-state index is -0.542. The highest BCUT2D eigenvalue weighted by atomic mass is 19.1. The number of hydrogen-bond acceptors (Lipinski definition) is 3. The number of hydrogen-bond donors (Lipinski definition) is 1. The normalized spacial score (nSPS) is 10.1. The molecule has 0 spiro atoms. The summed E-state index contributed by atoms with van der Waals surface area (Å²) in [6, 6.07) is 5.80. The van der Waals surface area contributed by atoms with Gasteiger partial charge in [-0.15, -0.1) is 0 Å². The Kier molecular flexibility index (Phi) is 2.95. The molecule has 0 aliphatic carbocycles. The molecule has 1 aromatic carbocycles. The van der Waals surface area contributed by atoms with E-state index in [1.807, 2.05) is 0 Å². The first-order valence-corrected chi connectivity index (χ1v) is 4.67. The number of oxazole rings is 1. The number of nitrogens with one attached hydrogen (secondary N) is 1. The van der Waals surface area contributed by atoms with E-state index in [1.54, 1.807) is 6.07 Å². The number of nitrogens with zero attached hydrogens (tertiary/aromatic N) is 1. The van der Waals surface area contributed by atoms with E-state index in [0.717, 1.165) is 0 Å². The molecule has 0 aliphatic heterocycles. The predicted molar refractivity (Wildman–Crippen MR) is 54.1 cm³/mol. The Bertz CT molecular complexity index is 482. The number of carbonyl (C=O) groups is 1. The zero-order chi connectivity index (χ0) is 11.4. The maximum Gasteiger partial charge on any atom is 0.254 e.